The van der Waals surface area contributed by atoms with Crippen molar-refractivity contribution in [2.45, 2.75) is 32.7 Å². The Morgan fingerprint density at radius 3 is 1.60 bits per heavy atom. The van der Waals surface area contributed by atoms with Crippen molar-refractivity contribution in [3.05, 3.63) is 50.7 Å². The first-order chi connectivity index (χ1) is 39.6. The summed E-state index contributed by atoms with van der Waals surface area (Å²) in [6, 6.07) is 1.63. The summed E-state index contributed by atoms with van der Waals surface area (Å²) in [5.41, 5.74) is 6.86. The van der Waals surface area contributed by atoms with E-state index in [1.807, 2.05) is 6.92 Å². The third-order valence-electron chi connectivity index (χ3n) is 10.0. The molecule has 0 bridgehead atoms. The predicted octanol–water partition coefficient (Wildman–Crippen LogP) is 2.85. The fraction of sp³-hybridized carbons (Fsp3) is 0.653. The zero-order chi connectivity index (χ0) is 59.6. The summed E-state index contributed by atoms with van der Waals surface area (Å²) >= 11 is 1.17. The number of esters is 1. The van der Waals surface area contributed by atoms with E-state index >= 15 is 0 Å². The minimum Gasteiger partial charge on any atom is -0.447 e. The number of amidine groups is 1. The molecule has 0 spiro atoms. The Balaban J connectivity index is 1.04. The number of alkyl carbamates (subject to hydrolysis) is 1. The van der Waals surface area contributed by atoms with Crippen LogP contribution in [0.15, 0.2) is 22.7 Å². The lowest BCUT2D eigenvalue weighted by atomic mass is 10.1. The molecule has 0 radical (unpaired) electrons. The van der Waals surface area contributed by atoms with Crippen molar-refractivity contribution in [2.75, 3.05) is 179 Å². The molecule has 2 aromatic rings. The quantitative estimate of drug-likeness (QED) is 0.0185. The molecule has 1 aliphatic rings. The molecule has 1 aromatic carbocycles. The Bertz CT molecular complexity index is 2330. The van der Waals surface area contributed by atoms with Crippen LogP contribution in [0.3, 0.4) is 0 Å². The lowest BCUT2D eigenvalue weighted by Crippen LogP contribution is -2.40. The second-order valence-corrected chi connectivity index (χ2v) is 19.1. The van der Waals surface area contributed by atoms with Crippen molar-refractivity contribution in [3.8, 4) is 5.75 Å². The fourth-order valence-corrected chi connectivity index (χ4v) is 8.00. The molecular weight excluding hydrogens is 1150 g/mol. The maximum Gasteiger partial charge on any atom is 0.421 e. The molecule has 466 valence electrons. The molecule has 0 atom stereocenters. The number of thiophene rings is 1. The van der Waals surface area contributed by atoms with Gasteiger partial charge in [0.05, 0.1) is 162 Å². The molecule has 0 saturated heterocycles. The van der Waals surface area contributed by atoms with Gasteiger partial charge in [-0.25, -0.2) is 33.1 Å². The number of nitrogens with one attached hydrogen (secondary N) is 3. The Labute approximate surface area is 476 Å². The Hall–Kier alpha value is -5.24. The monoisotopic (exact) mass is 1220 g/mol. The second-order valence-electron chi connectivity index (χ2n) is 16.4. The van der Waals surface area contributed by atoms with Gasteiger partial charge in [-0.3, -0.25) is 14.4 Å². The smallest absolute Gasteiger partial charge is 0.421 e. The topological polar surface area (TPSA) is 319 Å². The SMILES string of the molecule is CCCN(OCCNC(=O)OCCOCCOCCOCCOCCOCCOCCOCCOCCOCCOCCC(=O)Oc1c(F)c(F)cc(F)c1F)C(=O)C1=Cc2sc(CNS(=O)(=O)NC(=O)OCCOC)cc2N=C(N)C1. The van der Waals surface area contributed by atoms with Crippen molar-refractivity contribution < 1.29 is 116 Å². The van der Waals surface area contributed by atoms with Gasteiger partial charge in [0.1, 0.15) is 19.0 Å². The van der Waals surface area contributed by atoms with Crippen LogP contribution < -0.4 is 25.2 Å². The van der Waals surface area contributed by atoms with Gasteiger partial charge in [0.25, 0.3) is 5.91 Å². The Kier molecular flexibility index (Phi) is 37.6. The first-order valence-corrected chi connectivity index (χ1v) is 28.2. The lowest BCUT2D eigenvalue weighted by Gasteiger charge is -2.22. The molecule has 3 rings (SSSR count). The van der Waals surface area contributed by atoms with Crippen LogP contribution in [0, 0.1) is 23.3 Å². The number of fused-ring (bicyclic) bond motifs is 1. The van der Waals surface area contributed by atoms with Crippen molar-refractivity contribution in [3.63, 3.8) is 0 Å². The summed E-state index contributed by atoms with van der Waals surface area (Å²) in [7, 11) is -2.85. The number of rotatable bonds is 48. The number of halogens is 4. The number of hydrogen-bond donors (Lipinski definition) is 4. The van der Waals surface area contributed by atoms with E-state index in [0.717, 1.165) is 0 Å². The molecule has 1 aliphatic heterocycles. The number of amides is 3. The molecule has 82 heavy (non-hydrogen) atoms. The maximum atomic E-state index is 13.6. The highest BCUT2D eigenvalue weighted by atomic mass is 32.2. The van der Waals surface area contributed by atoms with Gasteiger partial charge in [-0.1, -0.05) is 6.92 Å². The highest BCUT2D eigenvalue weighted by molar-refractivity contribution is 7.88. The normalized spacial score (nSPS) is 12.3. The summed E-state index contributed by atoms with van der Waals surface area (Å²) < 4.78 is 155. The number of carbonyl (C=O) groups excluding carboxylic acids is 4. The third-order valence-corrected chi connectivity index (χ3v) is 12.0. The number of hydroxylamine groups is 2. The summed E-state index contributed by atoms with van der Waals surface area (Å²) in [6.07, 6.45) is -0.0681. The number of benzene rings is 1. The van der Waals surface area contributed by atoms with Crippen LogP contribution in [0.2, 0.25) is 0 Å². The number of nitrogens with zero attached hydrogens (tertiary/aromatic N) is 2. The Morgan fingerprint density at radius 1 is 0.646 bits per heavy atom. The highest BCUT2D eigenvalue weighted by Gasteiger charge is 2.25. The van der Waals surface area contributed by atoms with E-state index < -0.39 is 69.7 Å². The van der Waals surface area contributed by atoms with Gasteiger partial charge in [-0.15, -0.1) is 11.3 Å². The third kappa shape index (κ3) is 32.0. The van der Waals surface area contributed by atoms with Crippen LogP contribution in [0.5, 0.6) is 5.75 Å². The molecule has 27 nitrogen and oxygen atoms in total. The van der Waals surface area contributed by atoms with Crippen LogP contribution in [0.25, 0.3) is 6.08 Å². The van der Waals surface area contributed by atoms with Crippen LogP contribution >= 0.6 is 11.3 Å². The number of hydrogen-bond acceptors (Lipinski definition) is 24. The largest absolute Gasteiger partial charge is 0.447 e. The van der Waals surface area contributed by atoms with Gasteiger partial charge in [0.15, 0.2) is 11.6 Å². The molecule has 0 unspecified atom stereocenters. The maximum absolute atomic E-state index is 13.6. The van der Waals surface area contributed by atoms with Crippen molar-refractivity contribution in [1.82, 2.24) is 19.8 Å². The van der Waals surface area contributed by atoms with E-state index in [1.165, 1.54) is 23.5 Å². The van der Waals surface area contributed by atoms with E-state index in [2.05, 4.69) is 19.8 Å². The van der Waals surface area contributed by atoms with Crippen LogP contribution in [-0.2, 0) is 92.8 Å². The van der Waals surface area contributed by atoms with Crippen molar-refractivity contribution >= 4 is 63.2 Å². The van der Waals surface area contributed by atoms with E-state index in [-0.39, 0.29) is 110 Å². The summed E-state index contributed by atoms with van der Waals surface area (Å²) in [4.78, 5) is 60.4. The first-order valence-electron chi connectivity index (χ1n) is 25.9. The zero-order valence-corrected chi connectivity index (χ0v) is 47.5. The van der Waals surface area contributed by atoms with Gasteiger partial charge in [-0.2, -0.15) is 21.9 Å². The van der Waals surface area contributed by atoms with Crippen molar-refractivity contribution in [1.29, 1.82) is 0 Å². The van der Waals surface area contributed by atoms with Crippen LogP contribution in [-0.4, -0.2) is 222 Å². The van der Waals surface area contributed by atoms with Crippen LogP contribution in [0.4, 0.5) is 32.8 Å². The predicted molar refractivity (Wildman–Crippen MR) is 282 cm³/mol. The number of nitrogens with two attached hydrogens (primary N) is 1. The molecule has 0 aliphatic carbocycles. The van der Waals surface area contributed by atoms with Gasteiger partial charge in [-0.05, 0) is 18.6 Å². The van der Waals surface area contributed by atoms with Gasteiger partial charge >= 0.3 is 28.4 Å². The summed E-state index contributed by atoms with van der Waals surface area (Å²) in [6.45, 7) is 7.81. The highest BCUT2D eigenvalue weighted by Crippen LogP contribution is 2.35. The zero-order valence-electron chi connectivity index (χ0n) is 45.8. The number of methoxy groups -OCH3 is 1. The Morgan fingerprint density at radius 2 is 1.11 bits per heavy atom. The minimum absolute atomic E-state index is 0.00603. The average Bonchev–Trinajstić information content (AvgIpc) is 3.88. The first kappa shape index (κ1) is 71.0. The van der Waals surface area contributed by atoms with Gasteiger partial charge < -0.3 is 77.4 Å². The molecule has 1 aromatic heterocycles. The fourth-order valence-electron chi connectivity index (χ4n) is 6.20. The molecule has 3 amide bonds. The number of ether oxygens (including phenoxy) is 14. The van der Waals surface area contributed by atoms with Crippen LogP contribution in [0.1, 0.15) is 35.9 Å². The van der Waals surface area contributed by atoms with Gasteiger partial charge in [0, 0.05) is 49.7 Å². The second kappa shape index (κ2) is 43.4. The van der Waals surface area contributed by atoms with Gasteiger partial charge in [0.2, 0.25) is 17.4 Å². The molecule has 5 N–H and O–H groups in total. The van der Waals surface area contributed by atoms with E-state index in [0.29, 0.717) is 114 Å². The molecule has 2 heterocycles. The number of aliphatic imine (C=N–C) groups is 1. The minimum atomic E-state index is -4.25. The molecule has 0 fully saturated rings. The van der Waals surface area contributed by atoms with Crippen molar-refractivity contribution in [2.24, 2.45) is 10.7 Å². The van der Waals surface area contributed by atoms with E-state index in [4.69, 9.17) is 72.2 Å². The van der Waals surface area contributed by atoms with E-state index in [9.17, 15) is 45.2 Å². The molecular formula is C49H74F4N6O21S2. The average molecular weight is 1220 g/mol. The van der Waals surface area contributed by atoms with E-state index in [1.54, 1.807) is 16.9 Å². The lowest BCUT2D eigenvalue weighted by molar-refractivity contribution is -0.181. The summed E-state index contributed by atoms with van der Waals surface area (Å²) in [5.74, 6) is -9.89. The summed E-state index contributed by atoms with van der Waals surface area (Å²) in [5, 5.41) is 3.73. The number of carbonyl (C=O) groups is 4. The molecule has 33 heteroatoms. The molecule has 0 saturated carbocycles. The standard InChI is InChI=1S/C49H74F4N6O21S2/c1-3-6-59(47(61)36-31-41-40(57-42(54)32-36)33-37(81-41)35-56-82(64,65)58-49(63)78-29-9-66-2)79-8-5-55-48(62)77-30-28-76-27-26-75-25-24-74-23-22-73-21-20-72-19-18-71-17-16-70-15-14-69-13-12-68-11-10-67-7-4-43(60)80-46-44(52)38(50)34-39(51)45(46)53/h31,33-34,56H,3-30,32,35H2,1-2H3,(H2,54,57)(H,55,62)(H,58,63).